The third-order valence-electron chi connectivity index (χ3n) is 5.63. The number of primary amides is 1. The summed E-state index contributed by atoms with van der Waals surface area (Å²) >= 11 is 0. The Labute approximate surface area is 186 Å². The summed E-state index contributed by atoms with van der Waals surface area (Å²) in [6.07, 6.45) is 0.164. The third kappa shape index (κ3) is 4.56. The fourth-order valence-corrected chi connectivity index (χ4v) is 3.90. The molecule has 32 heavy (non-hydrogen) atoms. The Morgan fingerprint density at radius 1 is 0.969 bits per heavy atom. The number of nitrogens with two attached hydrogens (primary N) is 1. The molecule has 0 bridgehead atoms. The van der Waals surface area contributed by atoms with Crippen LogP contribution in [0.15, 0.2) is 59.7 Å². The minimum absolute atomic E-state index is 0.164. The van der Waals surface area contributed by atoms with E-state index in [0.717, 1.165) is 11.3 Å². The average Bonchev–Trinajstić information content (AvgIpc) is 3.25. The molecular formula is C23H26N6O3. The average molecular weight is 435 g/mol. The van der Waals surface area contributed by atoms with E-state index in [4.69, 9.17) is 5.73 Å². The Balaban J connectivity index is 1.37. The van der Waals surface area contributed by atoms with Crippen LogP contribution in [0, 0.1) is 6.92 Å². The first-order valence-corrected chi connectivity index (χ1v) is 10.6. The molecular weight excluding hydrogens is 408 g/mol. The smallest absolute Gasteiger partial charge is 0.321 e. The molecule has 9 nitrogen and oxygen atoms in total. The lowest BCUT2D eigenvalue weighted by atomic mass is 10.1. The number of para-hydroxylation sites is 1. The number of amides is 4. The van der Waals surface area contributed by atoms with E-state index in [9.17, 15) is 14.4 Å². The van der Waals surface area contributed by atoms with Crippen molar-refractivity contribution in [2.24, 2.45) is 10.8 Å². The van der Waals surface area contributed by atoms with Gasteiger partial charge >= 0.3 is 6.03 Å². The maximum atomic E-state index is 13.0. The maximum Gasteiger partial charge on any atom is 0.321 e. The summed E-state index contributed by atoms with van der Waals surface area (Å²) in [6, 6.07) is 15.9. The topological polar surface area (TPSA) is 111 Å². The highest BCUT2D eigenvalue weighted by Gasteiger charge is 2.37. The number of aryl methyl sites for hydroxylation is 1. The molecule has 2 aliphatic rings. The maximum absolute atomic E-state index is 13.0. The van der Waals surface area contributed by atoms with Crippen LogP contribution >= 0.6 is 0 Å². The molecule has 1 saturated heterocycles. The fourth-order valence-electron chi connectivity index (χ4n) is 3.90. The minimum Gasteiger partial charge on any atom is -0.368 e. The highest BCUT2D eigenvalue weighted by Crippen LogP contribution is 2.25. The van der Waals surface area contributed by atoms with Gasteiger partial charge < -0.3 is 20.9 Å². The zero-order valence-electron chi connectivity index (χ0n) is 17.9. The molecule has 4 rings (SSSR count). The Morgan fingerprint density at radius 3 is 2.31 bits per heavy atom. The van der Waals surface area contributed by atoms with E-state index in [2.05, 4.69) is 10.4 Å². The van der Waals surface area contributed by atoms with Gasteiger partial charge in [0, 0.05) is 38.3 Å². The number of piperazine rings is 1. The summed E-state index contributed by atoms with van der Waals surface area (Å²) in [5.41, 5.74) is 8.37. The van der Waals surface area contributed by atoms with E-state index in [1.54, 1.807) is 9.80 Å². The van der Waals surface area contributed by atoms with Gasteiger partial charge in [-0.2, -0.15) is 5.10 Å². The number of benzene rings is 2. The standard InChI is InChI=1S/C23H26N6O3/c1-16-6-5-7-17(14-16)25-23(32)28-12-10-27(11-13-28)22(31)19-15-20(21(24)30)29(26-19)18-8-3-2-4-9-18/h2-9,14,20H,10-13,15H2,1H3,(H2,24,30)(H,25,32). The number of anilines is 2. The molecule has 2 aliphatic heterocycles. The van der Waals surface area contributed by atoms with Crippen LogP contribution in [0.4, 0.5) is 16.2 Å². The molecule has 2 aromatic carbocycles. The molecule has 1 fully saturated rings. The number of nitrogens with zero attached hydrogens (tertiary/aromatic N) is 4. The van der Waals surface area contributed by atoms with E-state index < -0.39 is 11.9 Å². The first kappa shape index (κ1) is 21.4. The molecule has 2 aromatic rings. The van der Waals surface area contributed by atoms with Crippen LogP contribution < -0.4 is 16.1 Å². The molecule has 0 aliphatic carbocycles. The molecule has 0 saturated carbocycles. The second kappa shape index (κ2) is 9.09. The molecule has 166 valence electrons. The molecule has 0 spiro atoms. The van der Waals surface area contributed by atoms with Crippen molar-refractivity contribution in [2.75, 3.05) is 36.5 Å². The normalized spacial score (nSPS) is 18.3. The van der Waals surface area contributed by atoms with Crippen LogP contribution in [0.25, 0.3) is 0 Å². The Bertz CT molecular complexity index is 1050. The van der Waals surface area contributed by atoms with Gasteiger partial charge in [-0.15, -0.1) is 0 Å². The van der Waals surface area contributed by atoms with Crippen LogP contribution in [-0.2, 0) is 9.59 Å². The molecule has 0 aromatic heterocycles. The summed E-state index contributed by atoms with van der Waals surface area (Å²) < 4.78 is 0. The second-order valence-corrected chi connectivity index (χ2v) is 7.93. The van der Waals surface area contributed by atoms with Gasteiger partial charge in [0.05, 0.1) is 5.69 Å². The third-order valence-corrected chi connectivity index (χ3v) is 5.63. The number of carbonyl (C=O) groups excluding carboxylic acids is 3. The van der Waals surface area contributed by atoms with Crippen molar-refractivity contribution in [2.45, 2.75) is 19.4 Å². The van der Waals surface area contributed by atoms with Gasteiger partial charge in [0.15, 0.2) is 0 Å². The summed E-state index contributed by atoms with van der Waals surface area (Å²) in [4.78, 5) is 40.9. The van der Waals surface area contributed by atoms with Crippen molar-refractivity contribution in [3.05, 3.63) is 60.2 Å². The summed E-state index contributed by atoms with van der Waals surface area (Å²) in [7, 11) is 0. The molecule has 9 heteroatoms. The summed E-state index contributed by atoms with van der Waals surface area (Å²) in [5.74, 6) is -0.758. The van der Waals surface area contributed by atoms with E-state index in [1.165, 1.54) is 5.01 Å². The van der Waals surface area contributed by atoms with Crippen LogP contribution in [0.3, 0.4) is 0 Å². The number of urea groups is 1. The first-order chi connectivity index (χ1) is 15.4. The number of nitrogens with one attached hydrogen (secondary N) is 1. The highest BCUT2D eigenvalue weighted by atomic mass is 16.2. The predicted molar refractivity (Wildman–Crippen MR) is 122 cm³/mol. The quantitative estimate of drug-likeness (QED) is 0.764. The summed E-state index contributed by atoms with van der Waals surface area (Å²) in [5, 5.41) is 8.83. The number of hydrogen-bond donors (Lipinski definition) is 2. The molecule has 3 N–H and O–H groups in total. The van der Waals surface area contributed by atoms with Gasteiger partial charge in [-0.3, -0.25) is 14.6 Å². The van der Waals surface area contributed by atoms with Crippen molar-refractivity contribution in [1.29, 1.82) is 0 Å². The van der Waals surface area contributed by atoms with Crippen LogP contribution in [0.5, 0.6) is 0 Å². The van der Waals surface area contributed by atoms with Crippen molar-refractivity contribution < 1.29 is 14.4 Å². The van der Waals surface area contributed by atoms with Crippen molar-refractivity contribution in [3.8, 4) is 0 Å². The van der Waals surface area contributed by atoms with E-state index >= 15 is 0 Å². The summed E-state index contributed by atoms with van der Waals surface area (Å²) in [6.45, 7) is 3.58. The van der Waals surface area contributed by atoms with Crippen LogP contribution in [-0.4, -0.2) is 65.6 Å². The number of carbonyl (C=O) groups is 3. The lowest BCUT2D eigenvalue weighted by molar-refractivity contribution is -0.125. The van der Waals surface area contributed by atoms with Crippen molar-refractivity contribution >= 4 is 34.9 Å². The van der Waals surface area contributed by atoms with Crippen molar-refractivity contribution in [3.63, 3.8) is 0 Å². The number of rotatable bonds is 4. The molecule has 0 radical (unpaired) electrons. The van der Waals surface area contributed by atoms with E-state index in [-0.39, 0.29) is 18.4 Å². The fraction of sp³-hybridized carbons (Fsp3) is 0.304. The van der Waals surface area contributed by atoms with Crippen molar-refractivity contribution in [1.82, 2.24) is 9.80 Å². The molecule has 2 heterocycles. The minimum atomic E-state index is -0.697. The van der Waals surface area contributed by atoms with E-state index in [0.29, 0.717) is 37.6 Å². The predicted octanol–water partition coefficient (Wildman–Crippen LogP) is 1.79. The van der Waals surface area contributed by atoms with Gasteiger partial charge in [-0.05, 0) is 36.8 Å². The van der Waals surface area contributed by atoms with Crippen LogP contribution in [0.1, 0.15) is 12.0 Å². The Hall–Kier alpha value is -3.88. The molecule has 4 amide bonds. The molecule has 1 unspecified atom stereocenters. The highest BCUT2D eigenvalue weighted by molar-refractivity contribution is 6.40. The Morgan fingerprint density at radius 2 is 1.66 bits per heavy atom. The zero-order chi connectivity index (χ0) is 22.7. The number of hydrogen-bond acceptors (Lipinski definition) is 5. The van der Waals surface area contributed by atoms with Gasteiger partial charge in [-0.25, -0.2) is 4.79 Å². The largest absolute Gasteiger partial charge is 0.368 e. The van der Waals surface area contributed by atoms with Gasteiger partial charge in [0.1, 0.15) is 11.8 Å². The van der Waals surface area contributed by atoms with E-state index in [1.807, 2.05) is 61.5 Å². The van der Waals surface area contributed by atoms with Gasteiger partial charge in [0.25, 0.3) is 5.91 Å². The van der Waals surface area contributed by atoms with Gasteiger partial charge in [0.2, 0.25) is 5.91 Å². The lowest BCUT2D eigenvalue weighted by Crippen LogP contribution is -2.53. The zero-order valence-corrected chi connectivity index (χ0v) is 17.9. The van der Waals surface area contributed by atoms with Gasteiger partial charge in [-0.1, -0.05) is 30.3 Å². The Kier molecular flexibility index (Phi) is 6.07. The second-order valence-electron chi connectivity index (χ2n) is 7.93. The lowest BCUT2D eigenvalue weighted by Gasteiger charge is -2.34. The molecule has 1 atom stereocenters. The number of hydrazone groups is 1. The first-order valence-electron chi connectivity index (χ1n) is 10.6. The SMILES string of the molecule is Cc1cccc(NC(=O)N2CCN(C(=O)C3=NN(c4ccccc4)C(C(N)=O)C3)CC2)c1. The van der Waals surface area contributed by atoms with Crippen LogP contribution in [0.2, 0.25) is 0 Å². The monoisotopic (exact) mass is 434 g/mol.